The van der Waals surface area contributed by atoms with Gasteiger partial charge in [0.2, 0.25) is 10.0 Å². The molecular formula is C20H19N3O2S. The van der Waals surface area contributed by atoms with Gasteiger partial charge < -0.3 is 4.98 Å². The minimum absolute atomic E-state index is 0.121. The van der Waals surface area contributed by atoms with Gasteiger partial charge in [0.25, 0.3) is 0 Å². The molecule has 0 spiro atoms. The molecule has 0 saturated heterocycles. The number of fused-ring (bicyclic) bond motifs is 3. The van der Waals surface area contributed by atoms with Crippen LogP contribution in [0.5, 0.6) is 0 Å². The van der Waals surface area contributed by atoms with Crippen LogP contribution in [0, 0.1) is 18.3 Å². The maximum absolute atomic E-state index is 12.8. The molecule has 132 valence electrons. The Balaban J connectivity index is 1.72. The molecule has 1 atom stereocenters. The number of nitrogens with zero attached hydrogens (tertiary/aromatic N) is 1. The summed E-state index contributed by atoms with van der Waals surface area (Å²) >= 11 is 0. The van der Waals surface area contributed by atoms with Crippen LogP contribution in [0.15, 0.2) is 47.4 Å². The molecule has 0 saturated carbocycles. The summed E-state index contributed by atoms with van der Waals surface area (Å²) in [5.41, 5.74) is 4.72. The molecule has 2 N–H and O–H groups in total. The third-order valence-electron chi connectivity index (χ3n) is 4.93. The molecule has 1 aliphatic carbocycles. The molecule has 4 rings (SSSR count). The van der Waals surface area contributed by atoms with E-state index in [2.05, 4.69) is 28.8 Å². The minimum atomic E-state index is -3.70. The predicted molar refractivity (Wildman–Crippen MR) is 100 cm³/mol. The summed E-state index contributed by atoms with van der Waals surface area (Å²) in [5, 5.41) is 10.2. The van der Waals surface area contributed by atoms with Crippen LogP contribution in [-0.2, 0) is 16.4 Å². The first-order valence-corrected chi connectivity index (χ1v) is 10.1. The number of sulfonamides is 1. The van der Waals surface area contributed by atoms with Crippen molar-refractivity contribution in [2.75, 3.05) is 0 Å². The molecule has 6 heteroatoms. The molecule has 1 aliphatic rings. The zero-order valence-electron chi connectivity index (χ0n) is 14.4. The molecule has 0 amide bonds. The largest absolute Gasteiger partial charge is 0.357 e. The Morgan fingerprint density at radius 3 is 2.88 bits per heavy atom. The summed E-state index contributed by atoms with van der Waals surface area (Å²) < 4.78 is 28.5. The van der Waals surface area contributed by atoms with Crippen LogP contribution in [0.4, 0.5) is 0 Å². The summed E-state index contributed by atoms with van der Waals surface area (Å²) in [6, 6.07) is 14.0. The molecule has 3 aromatic rings. The molecule has 1 unspecified atom stereocenters. The van der Waals surface area contributed by atoms with Crippen molar-refractivity contribution in [1.82, 2.24) is 9.71 Å². The smallest absolute Gasteiger partial charge is 0.241 e. The van der Waals surface area contributed by atoms with E-state index < -0.39 is 10.0 Å². The van der Waals surface area contributed by atoms with Crippen LogP contribution in [0.2, 0.25) is 0 Å². The van der Waals surface area contributed by atoms with Gasteiger partial charge in [0.15, 0.2) is 0 Å². The second-order valence-electron chi connectivity index (χ2n) is 6.77. The van der Waals surface area contributed by atoms with Crippen LogP contribution in [0.25, 0.3) is 10.9 Å². The average Bonchev–Trinajstić information content (AvgIpc) is 3.01. The normalized spacial score (nSPS) is 17.0. The second-order valence-corrected chi connectivity index (χ2v) is 8.49. The van der Waals surface area contributed by atoms with Gasteiger partial charge in [-0.1, -0.05) is 17.7 Å². The number of aromatic amines is 1. The van der Waals surface area contributed by atoms with Crippen molar-refractivity contribution in [3.63, 3.8) is 0 Å². The van der Waals surface area contributed by atoms with Gasteiger partial charge in [0.1, 0.15) is 0 Å². The number of H-pyrrole nitrogens is 1. The van der Waals surface area contributed by atoms with Crippen molar-refractivity contribution in [3.05, 3.63) is 64.8 Å². The first-order valence-electron chi connectivity index (χ1n) is 8.61. The van der Waals surface area contributed by atoms with Gasteiger partial charge in [0, 0.05) is 16.6 Å². The molecule has 5 nitrogen and oxygen atoms in total. The van der Waals surface area contributed by atoms with Crippen molar-refractivity contribution < 1.29 is 8.42 Å². The second kappa shape index (κ2) is 6.27. The highest BCUT2D eigenvalue weighted by molar-refractivity contribution is 7.89. The van der Waals surface area contributed by atoms with E-state index in [0.717, 1.165) is 30.5 Å². The molecule has 0 aliphatic heterocycles. The van der Waals surface area contributed by atoms with Gasteiger partial charge in [-0.25, -0.2) is 13.1 Å². The van der Waals surface area contributed by atoms with Gasteiger partial charge in [-0.2, -0.15) is 5.26 Å². The van der Waals surface area contributed by atoms with E-state index in [9.17, 15) is 8.42 Å². The predicted octanol–water partition coefficient (Wildman–Crippen LogP) is 3.70. The van der Waals surface area contributed by atoms with Crippen LogP contribution in [0.3, 0.4) is 0 Å². The van der Waals surface area contributed by atoms with Gasteiger partial charge in [-0.15, -0.1) is 0 Å². The lowest BCUT2D eigenvalue weighted by Gasteiger charge is -2.23. The Kier molecular flexibility index (Phi) is 4.06. The standard InChI is InChI=1S/C20H19N3O2S/c1-13-8-9-18-17(10-13)16-6-3-7-19(20(16)22-18)23-26(24,25)15-5-2-4-14(11-15)12-21/h2,4-5,8-11,19,22-23H,3,6-7H2,1H3. The minimum Gasteiger partial charge on any atom is -0.357 e. The maximum atomic E-state index is 12.8. The Hall–Kier alpha value is -2.62. The molecule has 1 aromatic heterocycles. The fourth-order valence-electron chi connectivity index (χ4n) is 3.68. The van der Waals surface area contributed by atoms with Gasteiger partial charge >= 0.3 is 0 Å². The Morgan fingerprint density at radius 1 is 1.23 bits per heavy atom. The molecule has 0 bridgehead atoms. The number of aryl methyl sites for hydroxylation is 2. The SMILES string of the molecule is Cc1ccc2[nH]c3c(c2c1)CCCC3NS(=O)(=O)c1cccc(C#N)c1. The van der Waals surface area contributed by atoms with Crippen molar-refractivity contribution in [2.24, 2.45) is 0 Å². The van der Waals surface area contributed by atoms with E-state index in [4.69, 9.17) is 5.26 Å². The van der Waals surface area contributed by atoms with E-state index in [1.165, 1.54) is 28.6 Å². The highest BCUT2D eigenvalue weighted by Gasteiger charge is 2.28. The Bertz CT molecular complexity index is 1140. The zero-order valence-corrected chi connectivity index (χ0v) is 15.2. The van der Waals surface area contributed by atoms with E-state index in [-0.39, 0.29) is 10.9 Å². The lowest BCUT2D eigenvalue weighted by atomic mass is 9.92. The molecule has 2 aromatic carbocycles. The fraction of sp³-hybridized carbons (Fsp3) is 0.250. The number of rotatable bonds is 3. The number of aromatic nitrogens is 1. The summed E-state index contributed by atoms with van der Waals surface area (Å²) in [4.78, 5) is 3.53. The third kappa shape index (κ3) is 2.90. The number of hydrogen-bond donors (Lipinski definition) is 2. The number of benzene rings is 2. The number of nitrogens with one attached hydrogen (secondary N) is 2. The average molecular weight is 365 g/mol. The van der Waals surface area contributed by atoms with Crippen molar-refractivity contribution >= 4 is 20.9 Å². The molecular weight excluding hydrogens is 346 g/mol. The lowest BCUT2D eigenvalue weighted by Crippen LogP contribution is -2.31. The number of hydrogen-bond acceptors (Lipinski definition) is 3. The Morgan fingerprint density at radius 2 is 2.08 bits per heavy atom. The number of nitriles is 1. The first kappa shape index (κ1) is 16.8. The summed E-state index contributed by atoms with van der Waals surface area (Å²) in [5.74, 6) is 0. The van der Waals surface area contributed by atoms with E-state index in [1.807, 2.05) is 12.1 Å². The molecule has 1 heterocycles. The summed E-state index contributed by atoms with van der Waals surface area (Å²) in [6.07, 6.45) is 2.62. The Labute approximate surface area is 152 Å². The third-order valence-corrected chi connectivity index (χ3v) is 6.40. The van der Waals surface area contributed by atoms with Crippen LogP contribution >= 0.6 is 0 Å². The monoisotopic (exact) mass is 365 g/mol. The van der Waals surface area contributed by atoms with Crippen LogP contribution in [-0.4, -0.2) is 13.4 Å². The van der Waals surface area contributed by atoms with Gasteiger partial charge in [-0.3, -0.25) is 0 Å². The lowest BCUT2D eigenvalue weighted by molar-refractivity contribution is 0.501. The van der Waals surface area contributed by atoms with Crippen molar-refractivity contribution in [3.8, 4) is 6.07 Å². The highest BCUT2D eigenvalue weighted by Crippen LogP contribution is 2.35. The molecule has 26 heavy (non-hydrogen) atoms. The quantitative estimate of drug-likeness (QED) is 0.742. The first-order chi connectivity index (χ1) is 12.5. The van der Waals surface area contributed by atoms with E-state index >= 15 is 0 Å². The van der Waals surface area contributed by atoms with Crippen molar-refractivity contribution in [2.45, 2.75) is 37.1 Å². The van der Waals surface area contributed by atoms with Gasteiger partial charge in [0.05, 0.1) is 22.6 Å². The molecule has 0 radical (unpaired) electrons. The topological polar surface area (TPSA) is 85.8 Å². The highest BCUT2D eigenvalue weighted by atomic mass is 32.2. The van der Waals surface area contributed by atoms with E-state index in [1.54, 1.807) is 12.1 Å². The summed E-state index contributed by atoms with van der Waals surface area (Å²) in [6.45, 7) is 2.06. The van der Waals surface area contributed by atoms with Gasteiger partial charge in [-0.05, 0) is 62.1 Å². The van der Waals surface area contributed by atoms with E-state index in [0.29, 0.717) is 5.56 Å². The van der Waals surface area contributed by atoms with Crippen LogP contribution < -0.4 is 4.72 Å². The summed E-state index contributed by atoms with van der Waals surface area (Å²) in [7, 11) is -3.70. The maximum Gasteiger partial charge on any atom is 0.241 e. The zero-order chi connectivity index (χ0) is 18.3. The fourth-order valence-corrected chi connectivity index (χ4v) is 4.97. The molecule has 0 fully saturated rings. The van der Waals surface area contributed by atoms with Crippen molar-refractivity contribution in [1.29, 1.82) is 5.26 Å². The van der Waals surface area contributed by atoms with Crippen LogP contribution in [0.1, 0.15) is 41.3 Å².